The second-order valence-electron chi connectivity index (χ2n) is 6.20. The van der Waals surface area contributed by atoms with Crippen molar-refractivity contribution in [1.29, 1.82) is 0 Å². The van der Waals surface area contributed by atoms with Gasteiger partial charge in [-0.15, -0.1) is 0 Å². The molecule has 2 aliphatic rings. The van der Waals surface area contributed by atoms with Gasteiger partial charge in [0.05, 0.1) is 27.4 Å². The molecule has 0 saturated carbocycles. The van der Waals surface area contributed by atoms with E-state index < -0.39 is 11.8 Å². The number of ether oxygens (including phenoxy) is 4. The molecule has 23 heavy (non-hydrogen) atoms. The highest BCUT2D eigenvalue weighted by molar-refractivity contribution is 5.77. The highest BCUT2D eigenvalue weighted by Gasteiger charge is 2.43. The number of nitrogens with zero attached hydrogens (tertiary/aromatic N) is 1. The zero-order chi connectivity index (χ0) is 16.9. The molecule has 2 saturated heterocycles. The molecule has 7 heteroatoms. The quantitative estimate of drug-likeness (QED) is 0.672. The summed E-state index contributed by atoms with van der Waals surface area (Å²) in [5.74, 6) is -1.01. The van der Waals surface area contributed by atoms with E-state index in [2.05, 4.69) is 9.64 Å². The molecule has 2 heterocycles. The van der Waals surface area contributed by atoms with Crippen LogP contribution in [0.3, 0.4) is 0 Å². The van der Waals surface area contributed by atoms with Gasteiger partial charge in [-0.1, -0.05) is 0 Å². The second-order valence-corrected chi connectivity index (χ2v) is 6.20. The Morgan fingerprint density at radius 3 is 2.57 bits per heavy atom. The maximum Gasteiger partial charge on any atom is 0.323 e. The van der Waals surface area contributed by atoms with Crippen LogP contribution < -0.4 is 0 Å². The molecule has 0 aromatic rings. The molecular weight excluding hydrogens is 302 g/mol. The van der Waals surface area contributed by atoms with Gasteiger partial charge in [0.2, 0.25) is 0 Å². The summed E-state index contributed by atoms with van der Waals surface area (Å²) in [5.41, 5.74) is 0. The summed E-state index contributed by atoms with van der Waals surface area (Å²) in [6, 6.07) is -0.438. The van der Waals surface area contributed by atoms with Gasteiger partial charge in [-0.05, 0) is 32.7 Å². The third-order valence-electron chi connectivity index (χ3n) is 4.82. The van der Waals surface area contributed by atoms with E-state index in [0.29, 0.717) is 26.2 Å². The van der Waals surface area contributed by atoms with E-state index in [4.69, 9.17) is 14.2 Å². The number of piperidine rings is 1. The summed E-state index contributed by atoms with van der Waals surface area (Å²) in [7, 11) is 2.72. The molecule has 0 unspecified atom stereocenters. The molecule has 0 aromatic carbocycles. The van der Waals surface area contributed by atoms with Crippen LogP contribution >= 0.6 is 0 Å². The van der Waals surface area contributed by atoms with E-state index >= 15 is 0 Å². The van der Waals surface area contributed by atoms with E-state index in [-0.39, 0.29) is 24.3 Å². The lowest BCUT2D eigenvalue weighted by molar-refractivity contribution is -0.195. The number of hydrogen-bond acceptors (Lipinski definition) is 7. The van der Waals surface area contributed by atoms with Crippen molar-refractivity contribution in [3.63, 3.8) is 0 Å². The number of carbonyl (C=O) groups is 2. The average molecular weight is 329 g/mol. The Bertz CT molecular complexity index is 421. The van der Waals surface area contributed by atoms with Gasteiger partial charge in [-0.3, -0.25) is 14.5 Å². The van der Waals surface area contributed by atoms with Gasteiger partial charge in [0.25, 0.3) is 0 Å². The number of likely N-dealkylation sites (tertiary alicyclic amines) is 1. The Morgan fingerprint density at radius 1 is 1.26 bits per heavy atom. The highest BCUT2D eigenvalue weighted by Crippen LogP contribution is 2.35. The van der Waals surface area contributed by atoms with Gasteiger partial charge in [-0.25, -0.2) is 0 Å². The molecule has 0 amide bonds. The lowest BCUT2D eigenvalue weighted by atomic mass is 9.89. The van der Waals surface area contributed by atoms with Gasteiger partial charge < -0.3 is 18.9 Å². The first-order valence-corrected chi connectivity index (χ1v) is 8.16. The zero-order valence-electron chi connectivity index (χ0n) is 14.2. The fraction of sp³-hybridized carbons (Fsp3) is 0.875. The van der Waals surface area contributed by atoms with Crippen LogP contribution in [0.15, 0.2) is 0 Å². The molecule has 0 spiro atoms. The lowest BCUT2D eigenvalue weighted by Crippen LogP contribution is -2.52. The van der Waals surface area contributed by atoms with Crippen LogP contribution in [0.25, 0.3) is 0 Å². The van der Waals surface area contributed by atoms with Crippen molar-refractivity contribution in [3.8, 4) is 0 Å². The Kier molecular flexibility index (Phi) is 6.38. The summed E-state index contributed by atoms with van der Waals surface area (Å²) < 4.78 is 21.1. The number of methoxy groups -OCH3 is 2. The molecule has 7 nitrogen and oxygen atoms in total. The van der Waals surface area contributed by atoms with Crippen LogP contribution in [0.5, 0.6) is 0 Å². The van der Waals surface area contributed by atoms with Crippen molar-refractivity contribution in [2.24, 2.45) is 5.92 Å². The minimum atomic E-state index is -0.582. The SMILES string of the molecule is COC(=O)CC[C@@H](C(=O)OC)N1CCC[C@H](C2(C)OCCO2)C1. The maximum atomic E-state index is 12.1. The summed E-state index contributed by atoms with van der Waals surface area (Å²) in [5, 5.41) is 0. The van der Waals surface area contributed by atoms with Gasteiger partial charge in [0.15, 0.2) is 5.79 Å². The van der Waals surface area contributed by atoms with Gasteiger partial charge >= 0.3 is 11.9 Å². The van der Waals surface area contributed by atoms with Crippen molar-refractivity contribution in [3.05, 3.63) is 0 Å². The molecule has 0 bridgehead atoms. The largest absolute Gasteiger partial charge is 0.469 e. The smallest absolute Gasteiger partial charge is 0.323 e. The summed E-state index contributed by atoms with van der Waals surface area (Å²) >= 11 is 0. The molecule has 132 valence electrons. The summed E-state index contributed by atoms with van der Waals surface area (Å²) in [6.07, 6.45) is 2.54. The topological polar surface area (TPSA) is 74.3 Å². The third-order valence-corrected chi connectivity index (χ3v) is 4.82. The van der Waals surface area contributed by atoms with Crippen molar-refractivity contribution in [2.45, 2.75) is 44.4 Å². The molecule has 2 rings (SSSR count). The summed E-state index contributed by atoms with van der Waals surface area (Å²) in [6.45, 7) is 4.67. The Balaban J connectivity index is 2.02. The second kappa shape index (κ2) is 8.08. The van der Waals surface area contributed by atoms with Crippen molar-refractivity contribution in [1.82, 2.24) is 4.90 Å². The van der Waals surface area contributed by atoms with Gasteiger partial charge in [-0.2, -0.15) is 0 Å². The van der Waals surface area contributed by atoms with Crippen molar-refractivity contribution in [2.75, 3.05) is 40.5 Å². The molecule has 0 aliphatic carbocycles. The van der Waals surface area contributed by atoms with Crippen molar-refractivity contribution < 1.29 is 28.5 Å². The fourth-order valence-electron chi connectivity index (χ4n) is 3.43. The van der Waals surface area contributed by atoms with Crippen LogP contribution in [-0.4, -0.2) is 69.2 Å². The Morgan fingerprint density at radius 2 is 1.96 bits per heavy atom. The van der Waals surface area contributed by atoms with Crippen molar-refractivity contribution >= 4 is 11.9 Å². The molecule has 2 aliphatic heterocycles. The van der Waals surface area contributed by atoms with E-state index in [1.165, 1.54) is 14.2 Å². The minimum Gasteiger partial charge on any atom is -0.469 e. The van der Waals surface area contributed by atoms with Crippen LogP contribution in [0.1, 0.15) is 32.6 Å². The van der Waals surface area contributed by atoms with Crippen LogP contribution in [-0.2, 0) is 28.5 Å². The molecular formula is C16H27NO6. The summed E-state index contributed by atoms with van der Waals surface area (Å²) in [4.78, 5) is 25.6. The first kappa shape index (κ1) is 18.2. The van der Waals surface area contributed by atoms with E-state index in [9.17, 15) is 9.59 Å². The zero-order valence-corrected chi connectivity index (χ0v) is 14.2. The first-order valence-electron chi connectivity index (χ1n) is 8.16. The normalized spacial score (nSPS) is 25.8. The maximum absolute atomic E-state index is 12.1. The number of esters is 2. The fourth-order valence-corrected chi connectivity index (χ4v) is 3.43. The molecule has 0 N–H and O–H groups in total. The number of rotatable bonds is 6. The van der Waals surface area contributed by atoms with Crippen LogP contribution in [0, 0.1) is 5.92 Å². The van der Waals surface area contributed by atoms with Crippen LogP contribution in [0.4, 0.5) is 0 Å². The van der Waals surface area contributed by atoms with Gasteiger partial charge in [0.1, 0.15) is 6.04 Å². The highest BCUT2D eigenvalue weighted by atomic mass is 16.7. The molecule has 2 atom stereocenters. The van der Waals surface area contributed by atoms with Crippen LogP contribution in [0.2, 0.25) is 0 Å². The average Bonchev–Trinajstić information content (AvgIpc) is 3.02. The van der Waals surface area contributed by atoms with Gasteiger partial charge in [0, 0.05) is 18.9 Å². The monoisotopic (exact) mass is 329 g/mol. The Labute approximate surface area is 137 Å². The van der Waals surface area contributed by atoms with E-state index in [1.54, 1.807) is 0 Å². The predicted molar refractivity (Wildman–Crippen MR) is 81.7 cm³/mol. The first-order chi connectivity index (χ1) is 11.0. The lowest BCUT2D eigenvalue weighted by Gasteiger charge is -2.42. The minimum absolute atomic E-state index is 0.196. The molecule has 2 fully saturated rings. The van der Waals surface area contributed by atoms with E-state index in [0.717, 1.165) is 19.4 Å². The third kappa shape index (κ3) is 4.43. The molecule has 0 aromatic heterocycles. The standard InChI is InChI=1S/C16H27NO6/c1-16(22-9-10-23-16)12-5-4-8-17(11-12)13(15(19)21-3)6-7-14(18)20-2/h12-13H,4-11H2,1-3H3/t12-,13-/m0/s1. The molecule has 0 radical (unpaired) electrons. The number of carbonyl (C=O) groups excluding carboxylic acids is 2. The van der Waals surface area contributed by atoms with E-state index in [1.807, 2.05) is 6.92 Å². The predicted octanol–water partition coefficient (Wildman–Crippen LogP) is 0.956. The Hall–Kier alpha value is -1.18. The number of hydrogen-bond donors (Lipinski definition) is 0.